The fourth-order valence-corrected chi connectivity index (χ4v) is 3.13. The van der Waals surface area contributed by atoms with Crippen LogP contribution in [0.5, 0.6) is 0 Å². The van der Waals surface area contributed by atoms with Gasteiger partial charge in [0.1, 0.15) is 4.88 Å². The van der Waals surface area contributed by atoms with Crippen molar-refractivity contribution in [3.8, 4) is 0 Å². The Kier molecular flexibility index (Phi) is 3.79. The quantitative estimate of drug-likeness (QED) is 0.764. The summed E-state index contributed by atoms with van der Waals surface area (Å²) in [5.74, 6) is -0.211. The average molecular weight is 248 g/mol. The number of fused-ring (bicyclic) bond motifs is 1. The van der Waals surface area contributed by atoms with Crippen LogP contribution >= 0.6 is 11.3 Å². The molecule has 0 spiro atoms. The molecule has 0 saturated carbocycles. The number of carbonyl (C=O) groups excluding carboxylic acids is 1. The van der Waals surface area contributed by atoms with Gasteiger partial charge in [0.2, 0.25) is 0 Å². The summed E-state index contributed by atoms with van der Waals surface area (Å²) in [4.78, 5) is 12.5. The third-order valence-electron chi connectivity index (χ3n) is 2.85. The van der Waals surface area contributed by atoms with E-state index < -0.39 is 0 Å². The number of unbranched alkanes of at least 4 members (excludes halogenated alkanes) is 1. The minimum Gasteiger partial charge on any atom is -0.465 e. The van der Waals surface area contributed by atoms with Crippen LogP contribution in [0.2, 0.25) is 0 Å². The number of benzene rings is 1. The third kappa shape index (κ3) is 2.34. The second-order valence-electron chi connectivity index (χ2n) is 4.00. The van der Waals surface area contributed by atoms with E-state index in [2.05, 4.69) is 19.1 Å². The van der Waals surface area contributed by atoms with E-state index in [0.29, 0.717) is 0 Å². The molecule has 1 heterocycles. The van der Waals surface area contributed by atoms with E-state index in [1.165, 1.54) is 28.5 Å². The van der Waals surface area contributed by atoms with E-state index in [1.54, 1.807) is 0 Å². The van der Waals surface area contributed by atoms with Crippen LogP contribution in [0, 0.1) is 0 Å². The molecule has 0 N–H and O–H groups in total. The molecule has 0 bridgehead atoms. The van der Waals surface area contributed by atoms with E-state index in [9.17, 15) is 4.79 Å². The summed E-state index contributed by atoms with van der Waals surface area (Å²) in [7, 11) is 1.44. The zero-order chi connectivity index (χ0) is 12.3. The van der Waals surface area contributed by atoms with Gasteiger partial charge in [0.15, 0.2) is 0 Å². The Morgan fingerprint density at radius 3 is 2.82 bits per heavy atom. The van der Waals surface area contributed by atoms with Gasteiger partial charge in [-0.15, -0.1) is 11.3 Å². The molecule has 0 aliphatic rings. The Labute approximate surface area is 105 Å². The number of hydrogen-bond acceptors (Lipinski definition) is 3. The maximum atomic E-state index is 11.8. The largest absolute Gasteiger partial charge is 0.465 e. The first-order chi connectivity index (χ1) is 8.27. The first-order valence-electron chi connectivity index (χ1n) is 5.86. The van der Waals surface area contributed by atoms with Gasteiger partial charge in [-0.2, -0.15) is 0 Å². The molecule has 90 valence electrons. The van der Waals surface area contributed by atoms with Crippen molar-refractivity contribution in [3.05, 3.63) is 34.7 Å². The highest BCUT2D eigenvalue weighted by atomic mass is 32.1. The van der Waals surface area contributed by atoms with E-state index in [4.69, 9.17) is 4.74 Å². The molecule has 1 aromatic carbocycles. The van der Waals surface area contributed by atoms with Gasteiger partial charge in [0.05, 0.1) is 7.11 Å². The molecule has 2 rings (SSSR count). The van der Waals surface area contributed by atoms with Gasteiger partial charge in [-0.1, -0.05) is 31.5 Å². The van der Waals surface area contributed by atoms with Crippen LogP contribution in [0.4, 0.5) is 0 Å². The monoisotopic (exact) mass is 248 g/mol. The predicted molar refractivity (Wildman–Crippen MR) is 71.8 cm³/mol. The van der Waals surface area contributed by atoms with Gasteiger partial charge in [-0.25, -0.2) is 4.79 Å². The highest BCUT2D eigenvalue weighted by molar-refractivity contribution is 7.21. The first kappa shape index (κ1) is 12.1. The normalized spacial score (nSPS) is 10.7. The first-order valence-corrected chi connectivity index (χ1v) is 6.68. The molecule has 2 nitrogen and oxygen atoms in total. The van der Waals surface area contributed by atoms with Crippen LogP contribution < -0.4 is 0 Å². The van der Waals surface area contributed by atoms with Crippen LogP contribution in [0.25, 0.3) is 10.1 Å². The summed E-state index contributed by atoms with van der Waals surface area (Å²) in [6, 6.07) is 8.17. The Balaban J connectivity index is 2.52. The molecule has 0 fully saturated rings. The molecule has 0 saturated heterocycles. The fourth-order valence-electron chi connectivity index (χ4n) is 1.96. The van der Waals surface area contributed by atoms with Crippen molar-refractivity contribution in [1.82, 2.24) is 0 Å². The molecule has 0 aliphatic carbocycles. The lowest BCUT2D eigenvalue weighted by Gasteiger charge is -2.02. The molecular weight excluding hydrogens is 232 g/mol. The lowest BCUT2D eigenvalue weighted by molar-refractivity contribution is 0.0605. The molecule has 0 aliphatic heterocycles. The summed E-state index contributed by atoms with van der Waals surface area (Å²) in [6.45, 7) is 2.16. The summed E-state index contributed by atoms with van der Waals surface area (Å²) in [5, 5.41) is 1.20. The van der Waals surface area contributed by atoms with Crippen molar-refractivity contribution >= 4 is 27.4 Å². The van der Waals surface area contributed by atoms with Crippen LogP contribution in [0.3, 0.4) is 0 Å². The summed E-state index contributed by atoms with van der Waals surface area (Å²) in [5.41, 5.74) is 1.15. The van der Waals surface area contributed by atoms with E-state index in [1.807, 2.05) is 12.1 Å². The van der Waals surface area contributed by atoms with E-state index >= 15 is 0 Å². The Bertz CT molecular complexity index is 528. The number of thiophene rings is 1. The van der Waals surface area contributed by atoms with Crippen molar-refractivity contribution in [2.24, 2.45) is 0 Å². The Morgan fingerprint density at radius 2 is 2.12 bits per heavy atom. The van der Waals surface area contributed by atoms with Crippen molar-refractivity contribution < 1.29 is 9.53 Å². The summed E-state index contributed by atoms with van der Waals surface area (Å²) in [6.07, 6.45) is 3.18. The minimum atomic E-state index is -0.211. The Morgan fingerprint density at radius 1 is 1.35 bits per heavy atom. The number of hydrogen-bond donors (Lipinski definition) is 0. The molecule has 0 unspecified atom stereocenters. The van der Waals surface area contributed by atoms with E-state index in [-0.39, 0.29) is 5.97 Å². The number of rotatable bonds is 4. The maximum Gasteiger partial charge on any atom is 0.348 e. The van der Waals surface area contributed by atoms with Gasteiger partial charge < -0.3 is 4.74 Å². The topological polar surface area (TPSA) is 26.3 Å². The van der Waals surface area contributed by atoms with Crippen molar-refractivity contribution in [2.45, 2.75) is 26.2 Å². The van der Waals surface area contributed by atoms with Crippen LogP contribution in [0.15, 0.2) is 24.3 Å². The summed E-state index contributed by atoms with van der Waals surface area (Å²) < 4.78 is 6.02. The molecule has 0 amide bonds. The van der Waals surface area contributed by atoms with Crippen molar-refractivity contribution in [3.63, 3.8) is 0 Å². The predicted octanol–water partition coefficient (Wildman–Crippen LogP) is 4.03. The molecule has 0 radical (unpaired) electrons. The van der Waals surface area contributed by atoms with Gasteiger partial charge in [-0.3, -0.25) is 0 Å². The van der Waals surface area contributed by atoms with Gasteiger partial charge >= 0.3 is 5.97 Å². The van der Waals surface area contributed by atoms with E-state index in [0.717, 1.165) is 29.7 Å². The highest BCUT2D eigenvalue weighted by Crippen LogP contribution is 2.32. The summed E-state index contributed by atoms with van der Waals surface area (Å²) >= 11 is 1.53. The average Bonchev–Trinajstić information content (AvgIpc) is 2.74. The van der Waals surface area contributed by atoms with Crippen molar-refractivity contribution in [1.29, 1.82) is 0 Å². The molecule has 2 aromatic rings. The molecule has 17 heavy (non-hydrogen) atoms. The third-order valence-corrected chi connectivity index (χ3v) is 4.04. The number of methoxy groups -OCH3 is 1. The Hall–Kier alpha value is -1.35. The SMILES string of the molecule is CCCCc1c(C(=O)OC)sc2ccccc12. The molecule has 3 heteroatoms. The van der Waals surface area contributed by atoms with Gasteiger partial charge in [0, 0.05) is 4.70 Å². The van der Waals surface area contributed by atoms with Crippen molar-refractivity contribution in [2.75, 3.05) is 7.11 Å². The number of carbonyl (C=O) groups is 1. The van der Waals surface area contributed by atoms with Crippen LogP contribution in [-0.2, 0) is 11.2 Å². The second-order valence-corrected chi connectivity index (χ2v) is 5.05. The fraction of sp³-hybridized carbons (Fsp3) is 0.357. The number of esters is 1. The maximum absolute atomic E-state index is 11.8. The van der Waals surface area contributed by atoms with Gasteiger partial charge in [0.25, 0.3) is 0 Å². The smallest absolute Gasteiger partial charge is 0.348 e. The zero-order valence-electron chi connectivity index (χ0n) is 10.2. The lowest BCUT2D eigenvalue weighted by atomic mass is 10.0. The number of aryl methyl sites for hydroxylation is 1. The molecule has 1 aromatic heterocycles. The molecular formula is C14H16O2S. The second kappa shape index (κ2) is 5.32. The van der Waals surface area contributed by atoms with Gasteiger partial charge in [-0.05, 0) is 29.9 Å². The standard InChI is InChI=1S/C14H16O2S/c1-3-4-7-11-10-8-5-6-9-12(10)17-13(11)14(15)16-2/h5-6,8-9H,3-4,7H2,1-2H3. The lowest BCUT2D eigenvalue weighted by Crippen LogP contribution is -2.02. The van der Waals surface area contributed by atoms with Crippen LogP contribution in [0.1, 0.15) is 35.0 Å². The zero-order valence-corrected chi connectivity index (χ0v) is 11.0. The van der Waals surface area contributed by atoms with Crippen LogP contribution in [-0.4, -0.2) is 13.1 Å². The number of ether oxygens (including phenoxy) is 1. The molecule has 0 atom stereocenters. The minimum absolute atomic E-state index is 0.211. The highest BCUT2D eigenvalue weighted by Gasteiger charge is 2.17.